The molecule has 1 aromatic heterocycles. The first-order chi connectivity index (χ1) is 9.49. The van der Waals surface area contributed by atoms with E-state index in [1.165, 1.54) is 5.56 Å². The van der Waals surface area contributed by atoms with Gasteiger partial charge in [0.15, 0.2) is 0 Å². The van der Waals surface area contributed by atoms with Crippen molar-refractivity contribution in [2.75, 3.05) is 6.61 Å². The second-order valence-corrected chi connectivity index (χ2v) is 5.85. The van der Waals surface area contributed by atoms with Gasteiger partial charge < -0.3 is 9.84 Å². The van der Waals surface area contributed by atoms with Crippen molar-refractivity contribution in [3.05, 3.63) is 41.3 Å². The van der Waals surface area contributed by atoms with Gasteiger partial charge >= 0.3 is 11.3 Å². The maximum atomic E-state index is 9.57. The number of ether oxygens (including phenoxy) is 1. The van der Waals surface area contributed by atoms with Crippen LogP contribution in [0.1, 0.15) is 38.5 Å². The molecule has 104 valence electrons. The van der Waals surface area contributed by atoms with Gasteiger partial charge in [0, 0.05) is 11.8 Å². The normalized spacial score (nSPS) is 16.6. The number of hydrogen-bond donors (Lipinski definition) is 1. The largest absolute Gasteiger partial charge is 0.508 e. The van der Waals surface area contributed by atoms with E-state index in [-0.39, 0.29) is 11.2 Å². The van der Waals surface area contributed by atoms with Crippen LogP contribution in [0.4, 0.5) is 0 Å². The fourth-order valence-electron chi connectivity index (χ4n) is 2.77. The Balaban J connectivity index is 2.22. The lowest BCUT2D eigenvalue weighted by atomic mass is 9.77. The molecule has 1 aromatic carbocycles. The SMILES string of the molecule is CCOC1=Cc2[o+]c3cc(O)ccc3cc2C(C)(C)C1. The maximum Gasteiger partial charge on any atom is 0.364 e. The first-order valence-electron chi connectivity index (χ1n) is 6.93. The van der Waals surface area contributed by atoms with Gasteiger partial charge in [0.2, 0.25) is 0 Å². The summed E-state index contributed by atoms with van der Waals surface area (Å²) >= 11 is 0. The maximum absolute atomic E-state index is 9.57. The summed E-state index contributed by atoms with van der Waals surface area (Å²) in [7, 11) is 0. The first kappa shape index (κ1) is 13.0. The van der Waals surface area contributed by atoms with Crippen molar-refractivity contribution in [3.63, 3.8) is 0 Å². The molecule has 3 heteroatoms. The molecule has 0 saturated heterocycles. The molecular weight excluding hydrogens is 252 g/mol. The Labute approximate surface area is 118 Å². The molecule has 1 heterocycles. The fraction of sp³-hybridized carbons (Fsp3) is 0.353. The van der Waals surface area contributed by atoms with Crippen molar-refractivity contribution in [3.8, 4) is 5.75 Å². The van der Waals surface area contributed by atoms with Crippen LogP contribution in [-0.2, 0) is 10.2 Å². The molecule has 0 bridgehead atoms. The lowest BCUT2D eigenvalue weighted by Gasteiger charge is -2.27. The lowest BCUT2D eigenvalue weighted by molar-refractivity contribution is 0.203. The van der Waals surface area contributed by atoms with E-state index >= 15 is 0 Å². The molecule has 3 rings (SSSR count). The third-order valence-electron chi connectivity index (χ3n) is 3.75. The number of allylic oxidation sites excluding steroid dienone is 1. The van der Waals surface area contributed by atoms with Crippen molar-refractivity contribution < 1.29 is 14.3 Å². The zero-order valence-corrected chi connectivity index (χ0v) is 12.1. The second-order valence-electron chi connectivity index (χ2n) is 5.85. The molecule has 0 fully saturated rings. The minimum atomic E-state index is -0.0236. The van der Waals surface area contributed by atoms with Crippen LogP contribution in [0, 0.1) is 0 Å². The highest BCUT2D eigenvalue weighted by atomic mass is 16.5. The van der Waals surface area contributed by atoms with Crippen molar-refractivity contribution in [1.82, 2.24) is 0 Å². The Morgan fingerprint density at radius 1 is 1.30 bits per heavy atom. The highest BCUT2D eigenvalue weighted by Crippen LogP contribution is 2.40. The molecule has 1 N–H and O–H groups in total. The number of rotatable bonds is 2. The molecule has 20 heavy (non-hydrogen) atoms. The average molecular weight is 271 g/mol. The van der Waals surface area contributed by atoms with Gasteiger partial charge in [-0.3, -0.25) is 0 Å². The van der Waals surface area contributed by atoms with Crippen LogP contribution in [0.25, 0.3) is 17.0 Å². The quantitative estimate of drug-likeness (QED) is 0.819. The molecule has 0 aliphatic heterocycles. The van der Waals surface area contributed by atoms with Gasteiger partial charge in [-0.25, -0.2) is 4.42 Å². The summed E-state index contributed by atoms with van der Waals surface area (Å²) in [6, 6.07) is 7.35. The summed E-state index contributed by atoms with van der Waals surface area (Å²) < 4.78 is 11.6. The molecule has 1 aliphatic carbocycles. The van der Waals surface area contributed by atoms with Crippen molar-refractivity contribution in [2.24, 2.45) is 0 Å². The van der Waals surface area contributed by atoms with Gasteiger partial charge in [-0.05, 0) is 25.1 Å². The van der Waals surface area contributed by atoms with E-state index in [0.717, 1.165) is 23.3 Å². The fourth-order valence-corrected chi connectivity index (χ4v) is 2.77. The molecule has 1 aliphatic rings. The van der Waals surface area contributed by atoms with Crippen molar-refractivity contribution in [1.29, 1.82) is 0 Å². The number of hydrogen-bond acceptors (Lipinski definition) is 2. The van der Waals surface area contributed by atoms with Crippen molar-refractivity contribution in [2.45, 2.75) is 32.6 Å². The second kappa shape index (κ2) is 4.51. The highest BCUT2D eigenvalue weighted by Gasteiger charge is 2.36. The Morgan fingerprint density at radius 2 is 2.10 bits per heavy atom. The number of benzene rings is 1. The minimum Gasteiger partial charge on any atom is -0.508 e. The third-order valence-corrected chi connectivity index (χ3v) is 3.75. The number of aromatic hydroxyl groups is 1. The van der Waals surface area contributed by atoms with Crippen molar-refractivity contribution >= 4 is 17.0 Å². The Bertz CT molecular complexity index is 699. The van der Waals surface area contributed by atoms with E-state index in [2.05, 4.69) is 19.9 Å². The zero-order chi connectivity index (χ0) is 14.3. The van der Waals surface area contributed by atoms with Crippen LogP contribution in [0.3, 0.4) is 0 Å². The van der Waals surface area contributed by atoms with Gasteiger partial charge in [-0.1, -0.05) is 13.8 Å². The number of phenolic OH excluding ortho intramolecular Hbond substituents is 1. The molecule has 3 nitrogen and oxygen atoms in total. The van der Waals surface area contributed by atoms with Gasteiger partial charge in [-0.15, -0.1) is 0 Å². The van der Waals surface area contributed by atoms with Crippen LogP contribution in [0.5, 0.6) is 5.75 Å². The molecule has 0 amide bonds. The predicted octanol–water partition coefficient (Wildman–Crippen LogP) is 4.48. The van der Waals surface area contributed by atoms with Crippen LogP contribution in [0.2, 0.25) is 0 Å². The molecule has 0 atom stereocenters. The van der Waals surface area contributed by atoms with Gasteiger partial charge in [0.1, 0.15) is 11.5 Å². The van der Waals surface area contributed by atoms with E-state index in [0.29, 0.717) is 12.2 Å². The highest BCUT2D eigenvalue weighted by molar-refractivity contribution is 5.80. The topological polar surface area (TPSA) is 40.8 Å². The summed E-state index contributed by atoms with van der Waals surface area (Å²) in [5.74, 6) is 1.99. The monoisotopic (exact) mass is 271 g/mol. The standard InChI is InChI=1S/C17H18O3/c1-4-19-13-9-16-14(17(2,3)10-13)7-11-5-6-12(18)8-15(11)20-16/h5-9H,4,10H2,1-3H3/p+1. The third kappa shape index (κ3) is 2.13. The molecule has 0 spiro atoms. The Kier molecular flexibility index (Phi) is 2.93. The van der Waals surface area contributed by atoms with Crippen LogP contribution in [0.15, 0.2) is 34.4 Å². The summed E-state index contributed by atoms with van der Waals surface area (Å²) in [6.45, 7) is 7.03. The van der Waals surface area contributed by atoms with Gasteiger partial charge in [0.25, 0.3) is 0 Å². The van der Waals surface area contributed by atoms with Crippen LogP contribution < -0.4 is 0 Å². The summed E-state index contributed by atoms with van der Waals surface area (Å²) in [5.41, 5.74) is 1.84. The summed E-state index contributed by atoms with van der Waals surface area (Å²) in [4.78, 5) is 0. The average Bonchev–Trinajstić information content (AvgIpc) is 2.36. The molecular formula is C17H19O3+. The Morgan fingerprint density at radius 3 is 2.85 bits per heavy atom. The number of phenols is 1. The smallest absolute Gasteiger partial charge is 0.364 e. The molecule has 2 aromatic rings. The molecule has 0 unspecified atom stereocenters. The summed E-state index contributed by atoms with van der Waals surface area (Å²) in [6.07, 6.45) is 2.83. The van der Waals surface area contributed by atoms with Crippen LogP contribution in [-0.4, -0.2) is 11.7 Å². The van der Waals surface area contributed by atoms with E-state index < -0.39 is 0 Å². The lowest BCUT2D eigenvalue weighted by Crippen LogP contribution is -2.23. The summed E-state index contributed by atoms with van der Waals surface area (Å²) in [5, 5.41) is 10.6. The van der Waals surface area contributed by atoms with E-state index in [9.17, 15) is 5.11 Å². The minimum absolute atomic E-state index is 0.0236. The first-order valence-corrected chi connectivity index (χ1v) is 6.93. The van der Waals surface area contributed by atoms with Gasteiger partial charge in [-0.2, -0.15) is 0 Å². The van der Waals surface area contributed by atoms with E-state index in [1.807, 2.05) is 19.1 Å². The predicted molar refractivity (Wildman–Crippen MR) is 79.5 cm³/mol. The molecule has 0 radical (unpaired) electrons. The van der Waals surface area contributed by atoms with Crippen LogP contribution >= 0.6 is 0 Å². The Hall–Kier alpha value is -2.03. The number of fused-ring (bicyclic) bond motifs is 2. The van der Waals surface area contributed by atoms with Gasteiger partial charge in [0.05, 0.1) is 29.7 Å². The van der Waals surface area contributed by atoms with E-state index in [4.69, 9.17) is 9.15 Å². The van der Waals surface area contributed by atoms with E-state index in [1.54, 1.807) is 12.1 Å². The zero-order valence-electron chi connectivity index (χ0n) is 12.1. The molecule has 0 saturated carbocycles.